The van der Waals surface area contributed by atoms with Gasteiger partial charge in [0.1, 0.15) is 0 Å². The van der Waals surface area contributed by atoms with Crippen LogP contribution in [0.15, 0.2) is 12.3 Å². The third-order valence-corrected chi connectivity index (χ3v) is 5.64. The lowest BCUT2D eigenvalue weighted by Gasteiger charge is -2.28. The van der Waals surface area contributed by atoms with E-state index in [2.05, 4.69) is 33.9 Å². The van der Waals surface area contributed by atoms with Gasteiger partial charge in [-0.05, 0) is 51.0 Å². The number of carbonyl (C=O) groups is 1. The number of anilines is 1. The summed E-state index contributed by atoms with van der Waals surface area (Å²) in [5.41, 5.74) is 3.57. The lowest BCUT2D eigenvalue weighted by Crippen LogP contribution is -2.35. The molecule has 3 heterocycles. The first-order valence-corrected chi connectivity index (χ1v) is 10.9. The predicted octanol–water partition coefficient (Wildman–Crippen LogP) is 3.67. The van der Waals surface area contributed by atoms with Crippen molar-refractivity contribution >= 4 is 11.9 Å². The first-order chi connectivity index (χ1) is 14.0. The fourth-order valence-corrected chi connectivity index (χ4v) is 4.11. The molecule has 0 aromatic carbocycles. The number of rotatable bonds is 7. The van der Waals surface area contributed by atoms with Crippen LogP contribution in [0, 0.1) is 12.8 Å². The number of amides is 1. The Hall–Kier alpha value is -2.44. The van der Waals surface area contributed by atoms with Gasteiger partial charge in [-0.3, -0.25) is 9.89 Å². The standard InChI is InChI=1S/C22H32N6O/c1-15(2)13-28(21(29)19-12-23-26-20(19)17-7-8-17)14-18-11-16(3)24-22(25-18)27-9-5-4-6-10-27/h11-12,15,17H,4-10,13-14H2,1-3H3,(H,23,26). The summed E-state index contributed by atoms with van der Waals surface area (Å²) in [6.45, 7) is 9.50. The molecular formula is C22H32N6O. The molecule has 0 bridgehead atoms. The summed E-state index contributed by atoms with van der Waals surface area (Å²) in [6, 6.07) is 2.01. The number of H-pyrrole nitrogens is 1. The Kier molecular flexibility index (Phi) is 5.83. The molecule has 7 heteroatoms. The van der Waals surface area contributed by atoms with E-state index in [1.165, 1.54) is 19.3 Å². The Balaban J connectivity index is 1.57. The Morgan fingerprint density at radius 3 is 2.69 bits per heavy atom. The van der Waals surface area contributed by atoms with Gasteiger partial charge in [0, 0.05) is 31.2 Å². The van der Waals surface area contributed by atoms with Gasteiger partial charge in [0.05, 0.1) is 29.7 Å². The number of hydrogen-bond acceptors (Lipinski definition) is 5. The maximum Gasteiger partial charge on any atom is 0.257 e. The Morgan fingerprint density at radius 1 is 1.24 bits per heavy atom. The zero-order chi connectivity index (χ0) is 20.4. The van der Waals surface area contributed by atoms with Crippen LogP contribution < -0.4 is 4.90 Å². The minimum Gasteiger partial charge on any atom is -0.341 e. The number of hydrogen-bond donors (Lipinski definition) is 1. The van der Waals surface area contributed by atoms with E-state index in [9.17, 15) is 4.79 Å². The van der Waals surface area contributed by atoms with Crippen LogP contribution in [0.4, 0.5) is 5.95 Å². The highest BCUT2D eigenvalue weighted by Crippen LogP contribution is 2.40. The molecule has 1 amide bonds. The molecule has 2 aliphatic rings. The Bertz CT molecular complexity index is 851. The monoisotopic (exact) mass is 396 g/mol. The molecule has 2 fully saturated rings. The molecule has 29 heavy (non-hydrogen) atoms. The lowest BCUT2D eigenvalue weighted by atomic mass is 10.1. The third-order valence-electron chi connectivity index (χ3n) is 5.64. The summed E-state index contributed by atoms with van der Waals surface area (Å²) in [5, 5.41) is 7.21. The zero-order valence-electron chi connectivity index (χ0n) is 17.8. The Labute approximate surface area is 172 Å². The number of aryl methyl sites for hydroxylation is 1. The van der Waals surface area contributed by atoms with Gasteiger partial charge >= 0.3 is 0 Å². The molecule has 1 aliphatic heterocycles. The van der Waals surface area contributed by atoms with E-state index in [4.69, 9.17) is 4.98 Å². The van der Waals surface area contributed by atoms with Gasteiger partial charge in [0.15, 0.2) is 0 Å². The second kappa shape index (κ2) is 8.51. The molecule has 0 atom stereocenters. The average Bonchev–Trinajstić information content (AvgIpc) is 3.43. The molecule has 0 unspecified atom stereocenters. The molecule has 1 saturated carbocycles. The van der Waals surface area contributed by atoms with Gasteiger partial charge in [-0.1, -0.05) is 13.8 Å². The SMILES string of the molecule is Cc1cc(CN(CC(C)C)C(=O)c2cn[nH]c2C2CC2)nc(N2CCCCC2)n1. The maximum atomic E-state index is 13.4. The van der Waals surface area contributed by atoms with E-state index in [0.717, 1.165) is 54.5 Å². The first kappa shape index (κ1) is 19.9. The molecule has 156 valence electrons. The van der Waals surface area contributed by atoms with Crippen molar-refractivity contribution in [3.05, 3.63) is 34.9 Å². The van der Waals surface area contributed by atoms with Gasteiger partial charge in [-0.2, -0.15) is 5.10 Å². The van der Waals surface area contributed by atoms with Crippen molar-refractivity contribution in [1.29, 1.82) is 0 Å². The van der Waals surface area contributed by atoms with E-state index in [-0.39, 0.29) is 5.91 Å². The van der Waals surface area contributed by atoms with Crippen LogP contribution in [-0.2, 0) is 6.54 Å². The molecule has 2 aromatic heterocycles. The van der Waals surface area contributed by atoms with E-state index in [1.807, 2.05) is 17.9 Å². The quantitative estimate of drug-likeness (QED) is 0.772. The molecule has 1 aliphatic carbocycles. The molecule has 0 radical (unpaired) electrons. The number of aromatic amines is 1. The van der Waals surface area contributed by atoms with Crippen LogP contribution in [0.3, 0.4) is 0 Å². The number of nitrogens with one attached hydrogen (secondary N) is 1. The van der Waals surface area contributed by atoms with E-state index in [1.54, 1.807) is 6.20 Å². The van der Waals surface area contributed by atoms with Gasteiger partial charge in [0.2, 0.25) is 5.95 Å². The fourth-order valence-electron chi connectivity index (χ4n) is 4.11. The number of nitrogens with zero attached hydrogens (tertiary/aromatic N) is 5. The predicted molar refractivity (Wildman–Crippen MR) is 113 cm³/mol. The topological polar surface area (TPSA) is 78.0 Å². The highest BCUT2D eigenvalue weighted by atomic mass is 16.2. The van der Waals surface area contributed by atoms with E-state index < -0.39 is 0 Å². The highest BCUT2D eigenvalue weighted by Gasteiger charge is 2.32. The van der Waals surface area contributed by atoms with Crippen molar-refractivity contribution in [2.45, 2.75) is 65.3 Å². The van der Waals surface area contributed by atoms with Crippen molar-refractivity contribution in [2.24, 2.45) is 5.92 Å². The van der Waals surface area contributed by atoms with Crippen LogP contribution >= 0.6 is 0 Å². The summed E-state index contributed by atoms with van der Waals surface area (Å²) in [4.78, 5) is 27.1. The van der Waals surface area contributed by atoms with Crippen LogP contribution in [0.2, 0.25) is 0 Å². The van der Waals surface area contributed by atoms with E-state index in [0.29, 0.717) is 24.9 Å². The third kappa shape index (κ3) is 4.77. The molecular weight excluding hydrogens is 364 g/mol. The second-order valence-electron chi connectivity index (χ2n) is 8.90. The van der Waals surface area contributed by atoms with Crippen LogP contribution in [0.25, 0.3) is 0 Å². The largest absolute Gasteiger partial charge is 0.341 e. The summed E-state index contributed by atoms with van der Waals surface area (Å²) < 4.78 is 0. The van der Waals surface area contributed by atoms with Crippen molar-refractivity contribution in [2.75, 3.05) is 24.5 Å². The molecule has 1 N–H and O–H groups in total. The maximum absolute atomic E-state index is 13.4. The molecule has 4 rings (SSSR count). The molecule has 1 saturated heterocycles. The first-order valence-electron chi connectivity index (χ1n) is 10.9. The van der Waals surface area contributed by atoms with Crippen LogP contribution in [0.5, 0.6) is 0 Å². The van der Waals surface area contributed by atoms with Crippen molar-refractivity contribution < 1.29 is 4.79 Å². The van der Waals surface area contributed by atoms with Gasteiger partial charge in [0.25, 0.3) is 5.91 Å². The molecule has 2 aromatic rings. The molecule has 7 nitrogen and oxygen atoms in total. The van der Waals surface area contributed by atoms with Crippen molar-refractivity contribution in [1.82, 2.24) is 25.1 Å². The smallest absolute Gasteiger partial charge is 0.257 e. The van der Waals surface area contributed by atoms with Gasteiger partial charge in [-0.25, -0.2) is 9.97 Å². The minimum atomic E-state index is 0.0464. The van der Waals surface area contributed by atoms with Crippen molar-refractivity contribution in [3.8, 4) is 0 Å². The summed E-state index contributed by atoms with van der Waals surface area (Å²) in [7, 11) is 0. The number of aromatic nitrogens is 4. The Morgan fingerprint density at radius 2 is 2.00 bits per heavy atom. The van der Waals surface area contributed by atoms with Gasteiger partial charge in [-0.15, -0.1) is 0 Å². The minimum absolute atomic E-state index is 0.0464. The average molecular weight is 397 g/mol. The zero-order valence-corrected chi connectivity index (χ0v) is 17.8. The van der Waals surface area contributed by atoms with Crippen LogP contribution in [0.1, 0.15) is 79.3 Å². The fraction of sp³-hybridized carbons (Fsp3) is 0.636. The number of carbonyl (C=O) groups excluding carboxylic acids is 1. The van der Waals surface area contributed by atoms with Crippen molar-refractivity contribution in [3.63, 3.8) is 0 Å². The second-order valence-corrected chi connectivity index (χ2v) is 8.90. The summed E-state index contributed by atoms with van der Waals surface area (Å²) in [6.07, 6.45) is 7.62. The summed E-state index contributed by atoms with van der Waals surface area (Å²) in [5.74, 6) is 1.69. The summed E-state index contributed by atoms with van der Waals surface area (Å²) >= 11 is 0. The highest BCUT2D eigenvalue weighted by molar-refractivity contribution is 5.95. The van der Waals surface area contributed by atoms with Crippen LogP contribution in [-0.4, -0.2) is 50.6 Å². The normalized spacial score (nSPS) is 17.0. The molecule has 0 spiro atoms. The van der Waals surface area contributed by atoms with E-state index >= 15 is 0 Å². The number of piperidine rings is 1. The van der Waals surface area contributed by atoms with Gasteiger partial charge < -0.3 is 9.80 Å². The lowest BCUT2D eigenvalue weighted by molar-refractivity contribution is 0.0719.